The van der Waals surface area contributed by atoms with Crippen LogP contribution in [-0.2, 0) is 9.47 Å². The Balaban J connectivity index is 2.87. The molecule has 0 bridgehead atoms. The molecule has 1 aliphatic rings. The summed E-state index contributed by atoms with van der Waals surface area (Å²) >= 11 is 0. The van der Waals surface area contributed by atoms with Crippen LogP contribution in [0.1, 0.15) is 53.4 Å². The lowest BCUT2D eigenvalue weighted by Crippen LogP contribution is -2.54. The van der Waals surface area contributed by atoms with Crippen LogP contribution in [0, 0.1) is 0 Å². The highest BCUT2D eigenvalue weighted by molar-refractivity contribution is 4.97. The second-order valence-electron chi connectivity index (χ2n) is 4.52. The zero-order valence-electron chi connectivity index (χ0n) is 11.5. The summed E-state index contributed by atoms with van der Waals surface area (Å²) in [4.78, 5) is 2.33. The molecule has 1 aliphatic heterocycles. The zero-order valence-corrected chi connectivity index (χ0v) is 11.5. The highest BCUT2D eigenvalue weighted by Crippen LogP contribution is 2.44. The van der Waals surface area contributed by atoms with Crippen molar-refractivity contribution in [2.45, 2.75) is 64.8 Å². The van der Waals surface area contributed by atoms with Crippen LogP contribution < -0.4 is 0 Å². The first-order chi connectivity index (χ1) is 7.60. The lowest BCUT2D eigenvalue weighted by atomic mass is 10.1. The first-order valence-corrected chi connectivity index (χ1v) is 6.62. The van der Waals surface area contributed by atoms with Crippen molar-refractivity contribution < 1.29 is 9.47 Å². The Hall–Kier alpha value is -0.120. The molecule has 96 valence electrons. The lowest BCUT2D eigenvalue weighted by Gasteiger charge is -2.43. The average molecular weight is 229 g/mol. The van der Waals surface area contributed by atoms with Crippen LogP contribution in [-0.4, -0.2) is 36.6 Å². The fourth-order valence-electron chi connectivity index (χ4n) is 3.00. The van der Waals surface area contributed by atoms with Gasteiger partial charge in [0.2, 0.25) is 0 Å². The van der Waals surface area contributed by atoms with E-state index in [2.05, 4.69) is 39.6 Å². The molecule has 3 heteroatoms. The second-order valence-corrected chi connectivity index (χ2v) is 4.52. The van der Waals surface area contributed by atoms with Gasteiger partial charge in [0.1, 0.15) is 11.4 Å². The highest BCUT2D eigenvalue weighted by Gasteiger charge is 2.52. The van der Waals surface area contributed by atoms with Crippen LogP contribution in [0.3, 0.4) is 0 Å². The van der Waals surface area contributed by atoms with Crippen LogP contribution in [0.4, 0.5) is 0 Å². The van der Waals surface area contributed by atoms with Gasteiger partial charge in [-0.15, -0.1) is 0 Å². The third-order valence-electron chi connectivity index (χ3n) is 4.06. The summed E-state index contributed by atoms with van der Waals surface area (Å²) in [6, 6.07) is 0. The van der Waals surface area contributed by atoms with Crippen LogP contribution in [0.15, 0.2) is 0 Å². The molecule has 0 amide bonds. The molecular weight excluding hydrogens is 202 g/mol. The Kier molecular flexibility index (Phi) is 4.77. The number of nitrogens with zero attached hydrogens (tertiary/aromatic N) is 1. The highest BCUT2D eigenvalue weighted by atomic mass is 16.6. The van der Waals surface area contributed by atoms with Crippen molar-refractivity contribution in [1.82, 2.24) is 4.90 Å². The molecule has 0 saturated carbocycles. The SMILES string of the molecule is CCOC1(CC)CCC(CC)(OCC)N1C. The fourth-order valence-corrected chi connectivity index (χ4v) is 3.00. The molecule has 16 heavy (non-hydrogen) atoms. The molecule has 0 N–H and O–H groups in total. The lowest BCUT2D eigenvalue weighted by molar-refractivity contribution is -0.215. The molecule has 1 saturated heterocycles. The standard InChI is InChI=1S/C13H27NO2/c1-6-12(15-8-3)10-11-13(7-2,14(12)5)16-9-4/h6-11H2,1-5H3. The molecule has 2 unspecified atom stereocenters. The number of hydrogen-bond acceptors (Lipinski definition) is 3. The van der Waals surface area contributed by atoms with Crippen molar-refractivity contribution in [3.8, 4) is 0 Å². The number of ether oxygens (including phenoxy) is 2. The maximum atomic E-state index is 6.00. The predicted octanol–water partition coefficient (Wildman–Crippen LogP) is 3.00. The van der Waals surface area contributed by atoms with Gasteiger partial charge in [-0.05, 0) is 46.6 Å². The van der Waals surface area contributed by atoms with Crippen LogP contribution in [0.2, 0.25) is 0 Å². The van der Waals surface area contributed by atoms with Crippen molar-refractivity contribution in [2.24, 2.45) is 0 Å². The predicted molar refractivity (Wildman–Crippen MR) is 66.3 cm³/mol. The van der Waals surface area contributed by atoms with E-state index in [-0.39, 0.29) is 11.4 Å². The summed E-state index contributed by atoms with van der Waals surface area (Å²) in [5, 5.41) is 0. The molecule has 2 atom stereocenters. The van der Waals surface area contributed by atoms with Gasteiger partial charge in [-0.25, -0.2) is 0 Å². The van der Waals surface area contributed by atoms with E-state index in [1.165, 1.54) is 0 Å². The minimum atomic E-state index is -0.111. The van der Waals surface area contributed by atoms with Gasteiger partial charge in [0, 0.05) is 13.2 Å². The largest absolute Gasteiger partial charge is 0.361 e. The monoisotopic (exact) mass is 229 g/mol. The first kappa shape index (κ1) is 13.9. The van der Waals surface area contributed by atoms with Gasteiger partial charge >= 0.3 is 0 Å². The van der Waals surface area contributed by atoms with Crippen LogP contribution >= 0.6 is 0 Å². The molecule has 0 aromatic carbocycles. The molecule has 3 nitrogen and oxygen atoms in total. The minimum absolute atomic E-state index is 0.111. The Morgan fingerprint density at radius 3 is 1.50 bits per heavy atom. The molecule has 0 aliphatic carbocycles. The van der Waals surface area contributed by atoms with Crippen LogP contribution in [0.5, 0.6) is 0 Å². The zero-order chi connectivity index (χ0) is 12.2. The van der Waals surface area contributed by atoms with Crippen LogP contribution in [0.25, 0.3) is 0 Å². The fraction of sp³-hybridized carbons (Fsp3) is 1.00. The third kappa shape index (κ3) is 2.13. The molecule has 1 heterocycles. The quantitative estimate of drug-likeness (QED) is 0.699. The van der Waals surface area contributed by atoms with E-state index in [9.17, 15) is 0 Å². The molecule has 0 aromatic rings. The van der Waals surface area contributed by atoms with Gasteiger partial charge < -0.3 is 9.47 Å². The maximum Gasteiger partial charge on any atom is 0.123 e. The van der Waals surface area contributed by atoms with E-state index in [4.69, 9.17) is 9.47 Å². The molecule has 0 radical (unpaired) electrons. The van der Waals surface area contributed by atoms with E-state index < -0.39 is 0 Å². The molecule has 0 spiro atoms. The van der Waals surface area contributed by atoms with Gasteiger partial charge in [-0.2, -0.15) is 0 Å². The summed E-state index contributed by atoms with van der Waals surface area (Å²) in [5.41, 5.74) is -0.222. The number of hydrogen-bond donors (Lipinski definition) is 0. The van der Waals surface area contributed by atoms with E-state index in [1.54, 1.807) is 0 Å². The Bertz CT molecular complexity index is 200. The van der Waals surface area contributed by atoms with E-state index in [0.29, 0.717) is 0 Å². The summed E-state index contributed by atoms with van der Waals surface area (Å²) in [7, 11) is 2.14. The van der Waals surface area contributed by atoms with Gasteiger partial charge in [-0.3, -0.25) is 4.90 Å². The van der Waals surface area contributed by atoms with E-state index >= 15 is 0 Å². The number of rotatable bonds is 6. The summed E-state index contributed by atoms with van der Waals surface area (Å²) in [5.74, 6) is 0. The number of likely N-dealkylation sites (tertiary alicyclic amines) is 1. The van der Waals surface area contributed by atoms with E-state index in [0.717, 1.165) is 38.9 Å². The van der Waals surface area contributed by atoms with Crippen molar-refractivity contribution in [1.29, 1.82) is 0 Å². The normalized spacial score (nSPS) is 35.8. The Morgan fingerprint density at radius 1 is 0.875 bits per heavy atom. The summed E-state index contributed by atoms with van der Waals surface area (Å²) < 4.78 is 12.0. The van der Waals surface area contributed by atoms with Crippen molar-refractivity contribution in [3.63, 3.8) is 0 Å². The second kappa shape index (κ2) is 5.48. The maximum absolute atomic E-state index is 6.00. The van der Waals surface area contributed by atoms with Crippen molar-refractivity contribution in [3.05, 3.63) is 0 Å². The summed E-state index contributed by atoms with van der Waals surface area (Å²) in [6.45, 7) is 10.1. The molecule has 1 fully saturated rings. The van der Waals surface area contributed by atoms with Crippen molar-refractivity contribution >= 4 is 0 Å². The van der Waals surface area contributed by atoms with Gasteiger partial charge in [0.05, 0.1) is 0 Å². The smallest absolute Gasteiger partial charge is 0.123 e. The molecule has 1 rings (SSSR count). The van der Waals surface area contributed by atoms with Gasteiger partial charge in [0.25, 0.3) is 0 Å². The molecule has 0 aromatic heterocycles. The summed E-state index contributed by atoms with van der Waals surface area (Å²) in [6.07, 6.45) is 4.18. The topological polar surface area (TPSA) is 21.7 Å². The molecular formula is C13H27NO2. The third-order valence-corrected chi connectivity index (χ3v) is 4.06. The minimum Gasteiger partial charge on any atom is -0.361 e. The van der Waals surface area contributed by atoms with Crippen molar-refractivity contribution in [2.75, 3.05) is 20.3 Å². The average Bonchev–Trinajstić information content (AvgIpc) is 2.57. The Morgan fingerprint density at radius 2 is 1.25 bits per heavy atom. The van der Waals surface area contributed by atoms with Gasteiger partial charge in [0.15, 0.2) is 0 Å². The van der Waals surface area contributed by atoms with E-state index in [1.807, 2.05) is 0 Å². The Labute approximate surface area is 100 Å². The first-order valence-electron chi connectivity index (χ1n) is 6.62. The van der Waals surface area contributed by atoms with Gasteiger partial charge in [-0.1, -0.05) is 13.8 Å².